The van der Waals surface area contributed by atoms with E-state index in [0.29, 0.717) is 0 Å². The summed E-state index contributed by atoms with van der Waals surface area (Å²) in [5.41, 5.74) is 22.7. The molecule has 9 aromatic carbocycles. The van der Waals surface area contributed by atoms with Crippen molar-refractivity contribution in [1.82, 2.24) is 4.57 Å². The minimum atomic E-state index is -0.289. The lowest BCUT2D eigenvalue weighted by atomic mass is 9.74. The topological polar surface area (TPSA) is 11.4 Å². The fourth-order valence-corrected chi connectivity index (χ4v) is 11.5. The molecule has 0 fully saturated rings. The van der Waals surface area contributed by atoms with Gasteiger partial charge in [0.1, 0.15) is 0 Å². The van der Waals surface area contributed by atoms with Crippen LogP contribution < -0.4 is 9.80 Å². The summed E-state index contributed by atoms with van der Waals surface area (Å²) in [5.74, 6) is 0. The van der Waals surface area contributed by atoms with Gasteiger partial charge in [0.2, 0.25) is 0 Å². The van der Waals surface area contributed by atoms with Crippen LogP contribution in [0.15, 0.2) is 249 Å². The van der Waals surface area contributed by atoms with Crippen LogP contribution in [0.5, 0.6) is 0 Å². The van der Waals surface area contributed by atoms with Gasteiger partial charge in [-0.05, 0) is 166 Å². The lowest BCUT2D eigenvalue weighted by Gasteiger charge is -2.36. The molecule has 72 heavy (non-hydrogen) atoms. The summed E-state index contributed by atoms with van der Waals surface area (Å²) in [4.78, 5) is 4.89. The fraction of sp³-hybridized carbons (Fsp3) is 0.101. The maximum atomic E-state index is 2.54. The van der Waals surface area contributed by atoms with Crippen LogP contribution in [0.3, 0.4) is 0 Å². The molecule has 346 valence electrons. The van der Waals surface area contributed by atoms with Crippen LogP contribution in [0, 0.1) is 0 Å². The van der Waals surface area contributed by atoms with Gasteiger partial charge in [-0.25, -0.2) is 0 Å². The molecule has 0 amide bonds. The van der Waals surface area contributed by atoms with Crippen molar-refractivity contribution in [2.24, 2.45) is 0 Å². The molecule has 13 rings (SSSR count). The molecule has 2 aliphatic carbocycles. The molecule has 10 aromatic rings. The van der Waals surface area contributed by atoms with Gasteiger partial charge in [0.05, 0.1) is 16.7 Å². The number of hydrogen-bond acceptors (Lipinski definition) is 2. The predicted molar refractivity (Wildman–Crippen MR) is 306 cm³/mol. The highest BCUT2D eigenvalue weighted by Gasteiger charge is 2.36. The Morgan fingerprint density at radius 3 is 1.53 bits per heavy atom. The summed E-state index contributed by atoms with van der Waals surface area (Å²) < 4.78 is 2.54. The lowest BCUT2D eigenvalue weighted by molar-refractivity contribution is 0.630. The molecular weight excluding hydrogens is 871 g/mol. The van der Waals surface area contributed by atoms with Crippen LogP contribution >= 0.6 is 0 Å². The Morgan fingerprint density at radius 2 is 0.944 bits per heavy atom. The van der Waals surface area contributed by atoms with E-state index >= 15 is 0 Å². The minimum Gasteiger partial charge on any atom is -0.310 e. The van der Waals surface area contributed by atoms with Crippen molar-refractivity contribution in [3.05, 3.63) is 271 Å². The molecule has 3 nitrogen and oxygen atoms in total. The third-order valence-corrected chi connectivity index (χ3v) is 15.3. The number of aromatic nitrogens is 1. The Hall–Kier alpha value is -8.66. The first kappa shape index (κ1) is 43.4. The van der Waals surface area contributed by atoms with Crippen molar-refractivity contribution in [2.75, 3.05) is 9.80 Å². The zero-order valence-corrected chi connectivity index (χ0v) is 40.8. The maximum Gasteiger partial charge on any atom is 0.0583 e. The molecule has 0 bridgehead atoms. The number of benzene rings is 9. The van der Waals surface area contributed by atoms with Crippen LogP contribution in [0.2, 0.25) is 0 Å². The number of para-hydroxylation sites is 1. The van der Waals surface area contributed by atoms with Crippen molar-refractivity contribution in [1.29, 1.82) is 0 Å². The van der Waals surface area contributed by atoms with E-state index in [1.807, 2.05) is 0 Å². The average molecular weight is 926 g/mol. The summed E-state index contributed by atoms with van der Waals surface area (Å²) in [5, 5.41) is 2.44. The zero-order valence-electron chi connectivity index (χ0n) is 40.8. The molecule has 0 radical (unpaired) electrons. The van der Waals surface area contributed by atoms with Crippen LogP contribution in [-0.4, -0.2) is 4.57 Å². The maximum absolute atomic E-state index is 2.54. The summed E-state index contributed by atoms with van der Waals surface area (Å²) >= 11 is 0. The number of fused-ring (bicyclic) bond motifs is 5. The number of nitrogens with zero attached hydrogens (tertiary/aromatic N) is 3. The van der Waals surface area contributed by atoms with Crippen molar-refractivity contribution in [3.63, 3.8) is 0 Å². The summed E-state index contributed by atoms with van der Waals surface area (Å²) in [6, 6.07) is 78.9. The van der Waals surface area contributed by atoms with Gasteiger partial charge < -0.3 is 14.4 Å². The third kappa shape index (κ3) is 7.61. The van der Waals surface area contributed by atoms with Gasteiger partial charge in [-0.15, -0.1) is 0 Å². The number of rotatable bonds is 10. The van der Waals surface area contributed by atoms with Crippen LogP contribution in [0.4, 0.5) is 34.1 Å². The highest BCUT2D eigenvalue weighted by Crippen LogP contribution is 2.51. The summed E-state index contributed by atoms with van der Waals surface area (Å²) in [6.07, 6.45) is 17.9. The third-order valence-electron chi connectivity index (χ3n) is 15.3. The normalized spacial score (nSPS) is 14.5. The van der Waals surface area contributed by atoms with Gasteiger partial charge in [-0.2, -0.15) is 0 Å². The standard InChI is InChI=1S/C69H55N3/c1-69(2)64-25-15-16-26-67(64)72-66-44-43-60(70(56-35-27-52(28-36-56)48-17-7-3-8-18-48)57-37-29-53(30-38-57)49-19-9-4-10-20-49)45-62(66)63-46-61(47-65(69)68(63)72)71(58-39-31-54(32-40-58)50-21-11-5-12-22-50)59-41-33-55(34-42-59)51-23-13-6-14-24-51/h3,5-9,11-13,15-23,25-47H,4,10,14,24H2,1-2H3. The quantitative estimate of drug-likeness (QED) is 0.135. The Bertz CT molecular complexity index is 3770. The van der Waals surface area contributed by atoms with Crippen molar-refractivity contribution < 1.29 is 0 Å². The number of anilines is 6. The minimum absolute atomic E-state index is 0.289. The van der Waals surface area contributed by atoms with E-state index in [0.717, 1.165) is 59.8 Å². The largest absolute Gasteiger partial charge is 0.310 e. The van der Waals surface area contributed by atoms with E-state index in [9.17, 15) is 0 Å². The van der Waals surface area contributed by atoms with E-state index in [-0.39, 0.29) is 5.41 Å². The van der Waals surface area contributed by atoms with Gasteiger partial charge in [0.15, 0.2) is 0 Å². The van der Waals surface area contributed by atoms with E-state index in [1.54, 1.807) is 0 Å². The highest BCUT2D eigenvalue weighted by molar-refractivity contribution is 6.14. The SMILES string of the molecule is CC1(C)c2ccccc2-n2c3ccc(N(c4ccc(C5=CCCC=C5)cc4)c4ccc(-c5ccccc5)cc4)cc3c3cc(N(c4ccc(C5=CC=CCC5)cc4)c4ccc(-c5ccccc5)cc4)cc1c32. The molecule has 2 heterocycles. The number of allylic oxidation sites excluding steroid dienone is 8. The molecule has 0 spiro atoms. The average Bonchev–Trinajstić information content (AvgIpc) is 3.78. The first-order valence-corrected chi connectivity index (χ1v) is 25.5. The summed E-state index contributed by atoms with van der Waals surface area (Å²) in [7, 11) is 0. The van der Waals surface area contributed by atoms with Gasteiger partial charge in [-0.1, -0.05) is 178 Å². The first-order chi connectivity index (χ1) is 35.5. The van der Waals surface area contributed by atoms with Crippen molar-refractivity contribution in [2.45, 2.75) is 44.9 Å². The van der Waals surface area contributed by atoms with Crippen LogP contribution in [0.1, 0.15) is 61.8 Å². The lowest BCUT2D eigenvalue weighted by Crippen LogP contribution is -2.26. The molecule has 0 saturated heterocycles. The molecule has 0 N–H and O–H groups in total. The molecule has 1 aromatic heterocycles. The van der Waals surface area contributed by atoms with Gasteiger partial charge in [0.25, 0.3) is 0 Å². The van der Waals surface area contributed by atoms with E-state index in [4.69, 9.17) is 0 Å². The second kappa shape index (κ2) is 17.9. The summed E-state index contributed by atoms with van der Waals surface area (Å²) in [6.45, 7) is 4.81. The van der Waals surface area contributed by atoms with Gasteiger partial charge in [-0.3, -0.25) is 0 Å². The molecule has 3 heteroatoms. The Morgan fingerprint density at radius 1 is 0.417 bits per heavy atom. The Labute approximate surface area is 423 Å². The molecule has 0 saturated carbocycles. The fourth-order valence-electron chi connectivity index (χ4n) is 11.5. The Kier molecular flexibility index (Phi) is 10.8. The van der Waals surface area contributed by atoms with E-state index in [2.05, 4.69) is 277 Å². The second-order valence-corrected chi connectivity index (χ2v) is 20.0. The molecule has 1 aliphatic heterocycles. The van der Waals surface area contributed by atoms with Gasteiger partial charge in [0, 0.05) is 50.3 Å². The first-order valence-electron chi connectivity index (χ1n) is 25.5. The molecule has 0 unspecified atom stereocenters. The zero-order chi connectivity index (χ0) is 48.2. The smallest absolute Gasteiger partial charge is 0.0583 e. The highest BCUT2D eigenvalue weighted by atomic mass is 15.2. The van der Waals surface area contributed by atoms with Crippen LogP contribution in [0.25, 0.3) is 60.9 Å². The Balaban J connectivity index is 1.02. The molecular formula is C69H55N3. The van der Waals surface area contributed by atoms with E-state index < -0.39 is 0 Å². The van der Waals surface area contributed by atoms with E-state index in [1.165, 1.54) is 83.1 Å². The molecule has 0 atom stereocenters. The predicted octanol–water partition coefficient (Wildman–Crippen LogP) is 19.2. The second-order valence-electron chi connectivity index (χ2n) is 20.0. The van der Waals surface area contributed by atoms with Crippen LogP contribution in [-0.2, 0) is 5.41 Å². The van der Waals surface area contributed by atoms with Crippen molar-refractivity contribution >= 4 is 67.1 Å². The monoisotopic (exact) mass is 925 g/mol. The number of hydrogen-bond donors (Lipinski definition) is 0. The van der Waals surface area contributed by atoms with Gasteiger partial charge >= 0.3 is 0 Å². The van der Waals surface area contributed by atoms with Crippen molar-refractivity contribution in [3.8, 4) is 27.9 Å². The molecule has 3 aliphatic rings.